The van der Waals surface area contributed by atoms with Crippen molar-refractivity contribution in [3.8, 4) is 5.69 Å². The fourth-order valence-electron chi connectivity index (χ4n) is 1.56. The maximum Gasteiger partial charge on any atom is 0.294 e. The Morgan fingerprint density at radius 2 is 2.28 bits per heavy atom. The molecule has 7 heteroatoms. The lowest BCUT2D eigenvalue weighted by Crippen LogP contribution is -2.16. The Bertz CT molecular complexity index is 636. The predicted octanol–water partition coefficient (Wildman–Crippen LogP) is 1.69. The molecule has 0 unspecified atom stereocenters. The Labute approximate surface area is 107 Å². The second kappa shape index (κ2) is 4.83. The van der Waals surface area contributed by atoms with Gasteiger partial charge in [0.1, 0.15) is 11.5 Å². The number of nitrogens with zero attached hydrogens (tertiary/aromatic N) is 1. The van der Waals surface area contributed by atoms with Crippen LogP contribution in [0.25, 0.3) is 5.69 Å². The van der Waals surface area contributed by atoms with E-state index in [0.717, 1.165) is 10.7 Å². The molecule has 18 heavy (non-hydrogen) atoms. The predicted molar refractivity (Wildman–Crippen MR) is 66.5 cm³/mol. The summed E-state index contributed by atoms with van der Waals surface area (Å²) in [6, 6.07) is 4.03. The minimum Gasteiger partial charge on any atom is -0.393 e. The number of nitrogens with one attached hydrogen (secondary N) is 1. The topological polar surface area (TPSA) is 73.0 Å². The van der Waals surface area contributed by atoms with Crippen LogP contribution in [0.4, 0.5) is 10.1 Å². The van der Waals surface area contributed by atoms with Crippen LogP contribution in [0.5, 0.6) is 0 Å². The van der Waals surface area contributed by atoms with Crippen LogP contribution in [0.15, 0.2) is 23.0 Å². The molecule has 2 rings (SSSR count). The molecular weight excluding hydrogens is 261 g/mol. The molecule has 0 saturated carbocycles. The van der Waals surface area contributed by atoms with E-state index in [2.05, 4.69) is 5.10 Å². The number of rotatable bonds is 3. The molecule has 0 atom stereocenters. The molecule has 96 valence electrons. The van der Waals surface area contributed by atoms with Crippen molar-refractivity contribution in [2.45, 2.75) is 6.61 Å². The largest absolute Gasteiger partial charge is 0.393 e. The molecule has 1 aromatic heterocycles. The van der Waals surface area contributed by atoms with Crippen LogP contribution in [-0.2, 0) is 11.3 Å². The highest BCUT2D eigenvalue weighted by atomic mass is 35.5. The van der Waals surface area contributed by atoms with Crippen molar-refractivity contribution in [1.82, 2.24) is 9.78 Å². The Kier molecular flexibility index (Phi) is 3.40. The lowest BCUT2D eigenvalue weighted by atomic mass is 10.3. The van der Waals surface area contributed by atoms with Crippen molar-refractivity contribution in [3.63, 3.8) is 0 Å². The molecule has 0 amide bonds. The number of halogens is 2. The molecule has 0 aliphatic carbocycles. The number of nitrogen functional groups attached to an aromatic ring is 1. The van der Waals surface area contributed by atoms with Gasteiger partial charge in [0.2, 0.25) is 0 Å². The SMILES string of the molecule is COCc1[nH]n(-c2ccc(Cl)c(F)c2)c(=O)c1N. The Hall–Kier alpha value is -1.79. The first kappa shape index (κ1) is 12.7. The normalized spacial score (nSPS) is 10.8. The van der Waals surface area contributed by atoms with Gasteiger partial charge < -0.3 is 10.5 Å². The number of aromatic nitrogens is 2. The third kappa shape index (κ3) is 2.12. The molecule has 1 aromatic carbocycles. The van der Waals surface area contributed by atoms with Gasteiger partial charge in [0.15, 0.2) is 0 Å². The summed E-state index contributed by atoms with van der Waals surface area (Å²) in [5.74, 6) is -0.609. The van der Waals surface area contributed by atoms with Crippen molar-refractivity contribution in [3.05, 3.63) is 45.1 Å². The van der Waals surface area contributed by atoms with Gasteiger partial charge in [-0.3, -0.25) is 9.89 Å². The Morgan fingerprint density at radius 1 is 1.56 bits per heavy atom. The molecule has 0 saturated heterocycles. The zero-order valence-corrected chi connectivity index (χ0v) is 10.3. The van der Waals surface area contributed by atoms with Crippen LogP contribution >= 0.6 is 11.6 Å². The van der Waals surface area contributed by atoms with Crippen LogP contribution < -0.4 is 11.3 Å². The van der Waals surface area contributed by atoms with Crippen molar-refractivity contribution < 1.29 is 9.13 Å². The number of methoxy groups -OCH3 is 1. The molecule has 0 spiro atoms. The smallest absolute Gasteiger partial charge is 0.294 e. The average molecular weight is 272 g/mol. The molecule has 5 nitrogen and oxygen atoms in total. The van der Waals surface area contributed by atoms with Crippen LogP contribution in [0.1, 0.15) is 5.69 Å². The zero-order valence-electron chi connectivity index (χ0n) is 9.54. The van der Waals surface area contributed by atoms with Gasteiger partial charge in [-0.1, -0.05) is 11.6 Å². The van der Waals surface area contributed by atoms with E-state index in [9.17, 15) is 9.18 Å². The highest BCUT2D eigenvalue weighted by Crippen LogP contribution is 2.18. The van der Waals surface area contributed by atoms with E-state index in [4.69, 9.17) is 22.1 Å². The second-order valence-corrected chi connectivity index (χ2v) is 4.08. The highest BCUT2D eigenvalue weighted by molar-refractivity contribution is 6.30. The van der Waals surface area contributed by atoms with E-state index in [1.54, 1.807) is 0 Å². The fraction of sp³-hybridized carbons (Fsp3) is 0.182. The number of nitrogens with two attached hydrogens (primary N) is 1. The lowest BCUT2D eigenvalue weighted by molar-refractivity contribution is 0.181. The first-order valence-corrected chi connectivity index (χ1v) is 5.46. The monoisotopic (exact) mass is 271 g/mol. The summed E-state index contributed by atoms with van der Waals surface area (Å²) < 4.78 is 19.4. The van der Waals surface area contributed by atoms with Crippen LogP contribution in [0, 0.1) is 5.82 Å². The minimum atomic E-state index is -0.609. The summed E-state index contributed by atoms with van der Waals surface area (Å²) in [6.07, 6.45) is 0. The standard InChI is InChI=1S/C11H11ClFN3O2/c1-18-5-9-10(14)11(17)16(15-9)6-2-3-7(12)8(13)4-6/h2-4,15H,5,14H2,1H3. The van der Waals surface area contributed by atoms with Crippen LogP contribution in [0.3, 0.4) is 0 Å². The molecule has 0 bridgehead atoms. The fourth-order valence-corrected chi connectivity index (χ4v) is 1.67. The van der Waals surface area contributed by atoms with E-state index >= 15 is 0 Å². The summed E-state index contributed by atoms with van der Waals surface area (Å²) in [5.41, 5.74) is 5.98. The van der Waals surface area contributed by atoms with Gasteiger partial charge >= 0.3 is 0 Å². The van der Waals surface area contributed by atoms with Crippen LogP contribution in [0.2, 0.25) is 5.02 Å². The minimum absolute atomic E-state index is 0.0107. The molecule has 0 aliphatic heterocycles. The summed E-state index contributed by atoms with van der Waals surface area (Å²) >= 11 is 5.58. The number of hydrogen-bond acceptors (Lipinski definition) is 3. The molecule has 2 aromatic rings. The van der Waals surface area contributed by atoms with Crippen molar-refractivity contribution in [2.24, 2.45) is 0 Å². The maximum absolute atomic E-state index is 13.3. The van der Waals surface area contributed by atoms with Crippen LogP contribution in [-0.4, -0.2) is 16.9 Å². The average Bonchev–Trinajstić information content (AvgIpc) is 2.62. The molecule has 0 aliphatic rings. The van der Waals surface area contributed by atoms with Gasteiger partial charge in [0.05, 0.1) is 23.0 Å². The molecule has 1 heterocycles. The Balaban J connectivity index is 2.54. The van der Waals surface area contributed by atoms with Crippen molar-refractivity contribution >= 4 is 17.3 Å². The van der Waals surface area contributed by atoms with E-state index in [-0.39, 0.29) is 17.3 Å². The number of hydrogen-bond donors (Lipinski definition) is 2. The van der Waals surface area contributed by atoms with Gasteiger partial charge in [-0.05, 0) is 12.1 Å². The van der Waals surface area contributed by atoms with Gasteiger partial charge in [0.25, 0.3) is 5.56 Å². The van der Waals surface area contributed by atoms with E-state index in [1.165, 1.54) is 19.2 Å². The summed E-state index contributed by atoms with van der Waals surface area (Å²) in [6.45, 7) is 0.171. The quantitative estimate of drug-likeness (QED) is 0.892. The zero-order chi connectivity index (χ0) is 13.3. The number of ether oxygens (including phenoxy) is 1. The molecular formula is C11H11ClFN3O2. The molecule has 0 fully saturated rings. The van der Waals surface area contributed by atoms with Gasteiger partial charge in [-0.25, -0.2) is 9.07 Å². The highest BCUT2D eigenvalue weighted by Gasteiger charge is 2.13. The Morgan fingerprint density at radius 3 is 2.89 bits per heavy atom. The first-order chi connectivity index (χ1) is 8.54. The van der Waals surface area contributed by atoms with Gasteiger partial charge in [0, 0.05) is 13.2 Å². The van der Waals surface area contributed by atoms with Crippen molar-refractivity contribution in [2.75, 3.05) is 12.8 Å². The number of anilines is 1. The second-order valence-electron chi connectivity index (χ2n) is 3.68. The maximum atomic E-state index is 13.3. The van der Waals surface area contributed by atoms with Gasteiger partial charge in [-0.2, -0.15) is 0 Å². The summed E-state index contributed by atoms with van der Waals surface area (Å²) in [7, 11) is 1.48. The molecule has 0 radical (unpaired) electrons. The number of H-pyrrole nitrogens is 1. The third-order valence-corrected chi connectivity index (χ3v) is 2.76. The molecule has 3 N–H and O–H groups in total. The van der Waals surface area contributed by atoms with Crippen molar-refractivity contribution in [1.29, 1.82) is 0 Å². The van der Waals surface area contributed by atoms with E-state index < -0.39 is 11.4 Å². The third-order valence-electron chi connectivity index (χ3n) is 2.46. The number of benzene rings is 1. The lowest BCUT2D eigenvalue weighted by Gasteiger charge is -2.02. The van der Waals surface area contributed by atoms with E-state index in [0.29, 0.717) is 11.4 Å². The van der Waals surface area contributed by atoms with Gasteiger partial charge in [-0.15, -0.1) is 0 Å². The summed E-state index contributed by atoms with van der Waals surface area (Å²) in [5, 5.41) is 2.75. The number of aromatic amines is 1. The van der Waals surface area contributed by atoms with E-state index in [1.807, 2.05) is 0 Å². The summed E-state index contributed by atoms with van der Waals surface area (Å²) in [4.78, 5) is 11.9. The first-order valence-electron chi connectivity index (χ1n) is 5.08.